The van der Waals surface area contributed by atoms with Gasteiger partial charge in [0.2, 0.25) is 0 Å². The van der Waals surface area contributed by atoms with Crippen molar-refractivity contribution in [2.45, 2.75) is 25.4 Å². The fourth-order valence-corrected chi connectivity index (χ4v) is 2.54. The van der Waals surface area contributed by atoms with E-state index < -0.39 is 0 Å². The second-order valence-corrected chi connectivity index (χ2v) is 4.63. The van der Waals surface area contributed by atoms with Crippen LogP contribution < -0.4 is 5.73 Å². The molecule has 0 fully saturated rings. The number of nitrogens with zero attached hydrogens (tertiary/aromatic N) is 2. The second-order valence-electron chi connectivity index (χ2n) is 3.55. The minimum Gasteiger partial charge on any atom is -0.326 e. The molecule has 0 aromatic carbocycles. The summed E-state index contributed by atoms with van der Waals surface area (Å²) >= 11 is 1.80. The molecule has 0 spiro atoms. The van der Waals surface area contributed by atoms with E-state index in [1.807, 2.05) is 18.3 Å². The largest absolute Gasteiger partial charge is 0.326 e. The summed E-state index contributed by atoms with van der Waals surface area (Å²) < 4.78 is 0. The Balaban J connectivity index is 2.42. The fourth-order valence-electron chi connectivity index (χ4n) is 1.52. The maximum absolute atomic E-state index is 5.67. The van der Waals surface area contributed by atoms with Crippen molar-refractivity contribution in [2.75, 3.05) is 25.4 Å². The summed E-state index contributed by atoms with van der Waals surface area (Å²) in [5, 5.41) is 1.08. The Labute approximate surface area is 102 Å². The van der Waals surface area contributed by atoms with Gasteiger partial charge in [-0.2, -0.15) is 0 Å². The molecule has 0 radical (unpaired) electrons. The number of hydrogen-bond acceptors (Lipinski definition) is 4. The zero-order valence-corrected chi connectivity index (χ0v) is 11.0. The summed E-state index contributed by atoms with van der Waals surface area (Å²) in [6.07, 6.45) is 1.83. The van der Waals surface area contributed by atoms with Gasteiger partial charge in [-0.1, -0.05) is 19.9 Å². The Kier molecular flexibility index (Phi) is 6.45. The standard InChI is InChI=1S/C12H21N3S/c1-3-15(4-2)8-9-16-12-11(10-13)6-5-7-14-12/h5-7H,3-4,8-10,13H2,1-2H3. The molecule has 2 N–H and O–H groups in total. The maximum Gasteiger partial charge on any atom is 0.100 e. The average molecular weight is 239 g/mol. The zero-order valence-electron chi connectivity index (χ0n) is 10.1. The molecular weight excluding hydrogens is 218 g/mol. The lowest BCUT2D eigenvalue weighted by molar-refractivity contribution is 0.324. The van der Waals surface area contributed by atoms with Gasteiger partial charge in [-0.15, -0.1) is 11.8 Å². The minimum absolute atomic E-state index is 0.571. The summed E-state index contributed by atoms with van der Waals surface area (Å²) in [6.45, 7) is 8.30. The van der Waals surface area contributed by atoms with Gasteiger partial charge >= 0.3 is 0 Å². The highest BCUT2D eigenvalue weighted by Gasteiger charge is 2.03. The first-order valence-corrected chi connectivity index (χ1v) is 6.79. The first kappa shape index (κ1) is 13.5. The van der Waals surface area contributed by atoms with Gasteiger partial charge in [0.25, 0.3) is 0 Å². The molecule has 0 aliphatic rings. The van der Waals surface area contributed by atoms with Crippen LogP contribution in [0.4, 0.5) is 0 Å². The lowest BCUT2D eigenvalue weighted by atomic mass is 10.3. The first-order chi connectivity index (χ1) is 7.81. The SMILES string of the molecule is CCN(CC)CCSc1ncccc1CN. The molecule has 1 heterocycles. The van der Waals surface area contributed by atoms with Crippen molar-refractivity contribution < 1.29 is 0 Å². The third kappa shape index (κ3) is 4.12. The third-order valence-electron chi connectivity index (χ3n) is 2.61. The van der Waals surface area contributed by atoms with Crippen molar-refractivity contribution in [1.82, 2.24) is 9.88 Å². The average Bonchev–Trinajstić information content (AvgIpc) is 2.35. The second kappa shape index (κ2) is 7.65. The van der Waals surface area contributed by atoms with E-state index >= 15 is 0 Å². The van der Waals surface area contributed by atoms with E-state index in [4.69, 9.17) is 5.73 Å². The molecule has 0 bridgehead atoms. The van der Waals surface area contributed by atoms with Crippen LogP contribution in [0.5, 0.6) is 0 Å². The zero-order chi connectivity index (χ0) is 11.8. The predicted octanol–water partition coefficient (Wildman–Crippen LogP) is 1.97. The Morgan fingerprint density at radius 1 is 1.38 bits per heavy atom. The number of hydrogen-bond donors (Lipinski definition) is 1. The van der Waals surface area contributed by atoms with Crippen LogP contribution in [0.3, 0.4) is 0 Å². The topological polar surface area (TPSA) is 42.2 Å². The Hall–Kier alpha value is -0.580. The Morgan fingerprint density at radius 3 is 2.75 bits per heavy atom. The summed E-state index contributed by atoms with van der Waals surface area (Å²) in [6, 6.07) is 3.99. The lowest BCUT2D eigenvalue weighted by Crippen LogP contribution is -2.25. The van der Waals surface area contributed by atoms with Crippen LogP contribution in [0.15, 0.2) is 23.4 Å². The number of pyridine rings is 1. The Morgan fingerprint density at radius 2 is 2.12 bits per heavy atom. The monoisotopic (exact) mass is 239 g/mol. The molecule has 0 aliphatic heterocycles. The molecule has 0 unspecified atom stereocenters. The van der Waals surface area contributed by atoms with Gasteiger partial charge in [0.1, 0.15) is 5.03 Å². The highest BCUT2D eigenvalue weighted by atomic mass is 32.2. The summed E-state index contributed by atoms with van der Waals surface area (Å²) in [5.41, 5.74) is 6.82. The van der Waals surface area contributed by atoms with Crippen molar-refractivity contribution in [3.8, 4) is 0 Å². The van der Waals surface area contributed by atoms with Gasteiger partial charge < -0.3 is 10.6 Å². The van der Waals surface area contributed by atoms with Gasteiger partial charge in [-0.05, 0) is 24.7 Å². The van der Waals surface area contributed by atoms with Crippen LogP contribution in [-0.2, 0) is 6.54 Å². The van der Waals surface area contributed by atoms with Crippen LogP contribution in [0.2, 0.25) is 0 Å². The number of aromatic nitrogens is 1. The molecule has 4 heteroatoms. The Bertz CT molecular complexity index is 300. The molecule has 1 aromatic heterocycles. The van der Waals surface area contributed by atoms with Crippen molar-refractivity contribution in [3.05, 3.63) is 23.9 Å². The van der Waals surface area contributed by atoms with E-state index in [0.717, 1.165) is 36.0 Å². The van der Waals surface area contributed by atoms with Crippen LogP contribution >= 0.6 is 11.8 Å². The molecule has 0 saturated carbocycles. The molecule has 0 atom stereocenters. The smallest absolute Gasteiger partial charge is 0.100 e. The summed E-state index contributed by atoms with van der Waals surface area (Å²) in [4.78, 5) is 6.78. The van der Waals surface area contributed by atoms with Crippen molar-refractivity contribution in [3.63, 3.8) is 0 Å². The molecule has 1 aromatic rings. The van der Waals surface area contributed by atoms with E-state index in [9.17, 15) is 0 Å². The molecule has 0 amide bonds. The summed E-state index contributed by atoms with van der Waals surface area (Å²) in [7, 11) is 0. The van der Waals surface area contributed by atoms with Crippen molar-refractivity contribution in [1.29, 1.82) is 0 Å². The van der Waals surface area contributed by atoms with E-state index in [2.05, 4.69) is 23.7 Å². The maximum atomic E-state index is 5.67. The third-order valence-corrected chi connectivity index (χ3v) is 3.64. The molecule has 3 nitrogen and oxygen atoms in total. The predicted molar refractivity (Wildman–Crippen MR) is 70.6 cm³/mol. The van der Waals surface area contributed by atoms with E-state index in [1.54, 1.807) is 11.8 Å². The number of nitrogens with two attached hydrogens (primary N) is 1. The molecule has 90 valence electrons. The fraction of sp³-hybridized carbons (Fsp3) is 0.583. The van der Waals surface area contributed by atoms with Gasteiger partial charge in [-0.25, -0.2) is 4.98 Å². The van der Waals surface area contributed by atoms with Crippen LogP contribution in [-0.4, -0.2) is 35.3 Å². The van der Waals surface area contributed by atoms with E-state index in [0.29, 0.717) is 6.54 Å². The number of thioether (sulfide) groups is 1. The van der Waals surface area contributed by atoms with Crippen molar-refractivity contribution >= 4 is 11.8 Å². The lowest BCUT2D eigenvalue weighted by Gasteiger charge is -2.17. The molecule has 0 aliphatic carbocycles. The normalized spacial score (nSPS) is 11.0. The highest BCUT2D eigenvalue weighted by molar-refractivity contribution is 7.99. The molecule has 0 saturated heterocycles. The van der Waals surface area contributed by atoms with Crippen LogP contribution in [0, 0.1) is 0 Å². The van der Waals surface area contributed by atoms with Crippen LogP contribution in [0.25, 0.3) is 0 Å². The molecular formula is C12H21N3S. The molecule has 1 rings (SSSR count). The van der Waals surface area contributed by atoms with E-state index in [-0.39, 0.29) is 0 Å². The van der Waals surface area contributed by atoms with Gasteiger partial charge in [-0.3, -0.25) is 0 Å². The first-order valence-electron chi connectivity index (χ1n) is 5.80. The van der Waals surface area contributed by atoms with Gasteiger partial charge in [0.05, 0.1) is 0 Å². The number of rotatable bonds is 7. The van der Waals surface area contributed by atoms with Crippen molar-refractivity contribution in [2.24, 2.45) is 5.73 Å². The quantitative estimate of drug-likeness (QED) is 0.739. The highest BCUT2D eigenvalue weighted by Crippen LogP contribution is 2.19. The van der Waals surface area contributed by atoms with Crippen LogP contribution in [0.1, 0.15) is 19.4 Å². The van der Waals surface area contributed by atoms with Gasteiger partial charge in [0.15, 0.2) is 0 Å². The molecule has 16 heavy (non-hydrogen) atoms. The van der Waals surface area contributed by atoms with E-state index in [1.165, 1.54) is 0 Å². The van der Waals surface area contributed by atoms with Gasteiger partial charge in [0, 0.05) is 25.0 Å². The minimum atomic E-state index is 0.571. The summed E-state index contributed by atoms with van der Waals surface area (Å²) in [5.74, 6) is 1.08.